The lowest BCUT2D eigenvalue weighted by Crippen LogP contribution is -2.36. The number of carbonyl (C=O) groups excluding carboxylic acids is 2. The molecule has 3 aromatic carbocycles. The fourth-order valence-electron chi connectivity index (χ4n) is 2.73. The minimum Gasteiger partial charge on any atom is -0.507 e. The Bertz CT molecular complexity index is 1130. The highest BCUT2D eigenvalue weighted by atomic mass is 35.5. The molecule has 8 heteroatoms. The van der Waals surface area contributed by atoms with E-state index in [0.717, 1.165) is 9.79 Å². The van der Waals surface area contributed by atoms with Gasteiger partial charge in [-0.2, -0.15) is 0 Å². The molecule has 6 nitrogen and oxygen atoms in total. The minimum absolute atomic E-state index is 0.0155. The van der Waals surface area contributed by atoms with Crippen molar-refractivity contribution >= 4 is 41.3 Å². The van der Waals surface area contributed by atoms with E-state index in [4.69, 9.17) is 16.7 Å². The largest absolute Gasteiger partial charge is 0.507 e. The van der Waals surface area contributed by atoms with Gasteiger partial charge in [-0.05, 0) is 48.0 Å². The highest BCUT2D eigenvalue weighted by Gasteiger charge is 2.16. The molecule has 0 saturated carbocycles. The van der Waals surface area contributed by atoms with E-state index >= 15 is 0 Å². The van der Waals surface area contributed by atoms with E-state index in [-0.39, 0.29) is 30.2 Å². The number of benzene rings is 3. The van der Waals surface area contributed by atoms with Crippen LogP contribution in [0, 0.1) is 0 Å². The van der Waals surface area contributed by atoms with Crippen molar-refractivity contribution in [3.8, 4) is 5.75 Å². The normalized spacial score (nSPS) is 11.1. The lowest BCUT2D eigenvalue weighted by Gasteiger charge is -2.11. The van der Waals surface area contributed by atoms with Crippen LogP contribution in [0.15, 0.2) is 88.3 Å². The lowest BCUT2D eigenvalue weighted by atomic mass is 10.1. The lowest BCUT2D eigenvalue weighted by molar-refractivity contribution is -0.117. The number of halogens is 1. The summed E-state index contributed by atoms with van der Waals surface area (Å²) < 4.78 is 0. The van der Waals surface area contributed by atoms with Crippen molar-refractivity contribution in [3.05, 3.63) is 94.6 Å². The van der Waals surface area contributed by atoms with Gasteiger partial charge in [0.05, 0.1) is 17.2 Å². The summed E-state index contributed by atoms with van der Waals surface area (Å²) in [6, 6.07) is 21.0. The Kier molecular flexibility index (Phi) is 8.33. The number of nitrogens with one attached hydrogen (secondary N) is 2. The molecule has 32 heavy (non-hydrogen) atoms. The number of phenols is 1. The molecule has 0 spiro atoms. The predicted octanol–water partition coefficient (Wildman–Crippen LogP) is 4.08. The maximum Gasteiger partial charge on any atom is 0.267 e. The molecule has 3 aromatic rings. The van der Waals surface area contributed by atoms with Crippen LogP contribution in [0.3, 0.4) is 0 Å². The molecule has 4 N–H and O–H groups in total. The summed E-state index contributed by atoms with van der Waals surface area (Å²) in [5, 5.41) is 24.6. The number of phenolic OH excluding ortho intramolecular Hbond substituents is 1. The van der Waals surface area contributed by atoms with Gasteiger partial charge in [-0.15, -0.1) is 0 Å². The monoisotopic (exact) mass is 468 g/mol. The highest BCUT2D eigenvalue weighted by molar-refractivity contribution is 7.99. The number of rotatable bonds is 8. The summed E-state index contributed by atoms with van der Waals surface area (Å²) in [6.07, 6.45) is 1.52. The maximum atomic E-state index is 12.6. The van der Waals surface area contributed by atoms with E-state index in [1.165, 1.54) is 30.0 Å². The fourth-order valence-corrected chi connectivity index (χ4v) is 3.82. The smallest absolute Gasteiger partial charge is 0.267 e. The molecule has 0 saturated heterocycles. The van der Waals surface area contributed by atoms with Gasteiger partial charge in [-0.25, -0.2) is 0 Å². The summed E-state index contributed by atoms with van der Waals surface area (Å²) >= 11 is 7.72. The van der Waals surface area contributed by atoms with Crippen LogP contribution < -0.4 is 10.6 Å². The molecule has 0 unspecified atom stereocenters. The molecule has 3 rings (SSSR count). The van der Waals surface area contributed by atoms with Crippen molar-refractivity contribution in [1.82, 2.24) is 10.6 Å². The topological polar surface area (TPSA) is 98.7 Å². The van der Waals surface area contributed by atoms with Gasteiger partial charge in [0.15, 0.2) is 0 Å². The Labute approximate surface area is 194 Å². The Morgan fingerprint density at radius 2 is 1.66 bits per heavy atom. The fraction of sp³-hybridized carbons (Fsp3) is 0.0833. The second-order valence-corrected chi connectivity index (χ2v) is 8.13. The molecule has 0 bridgehead atoms. The van der Waals surface area contributed by atoms with Crippen LogP contribution in [0.5, 0.6) is 5.75 Å². The average Bonchev–Trinajstić information content (AvgIpc) is 2.80. The van der Waals surface area contributed by atoms with Gasteiger partial charge >= 0.3 is 0 Å². The molecule has 0 heterocycles. The molecule has 0 aliphatic rings. The summed E-state index contributed by atoms with van der Waals surface area (Å²) in [4.78, 5) is 27.0. The van der Waals surface area contributed by atoms with Gasteiger partial charge in [0.2, 0.25) is 0 Å². The van der Waals surface area contributed by atoms with Crippen molar-refractivity contribution < 1.29 is 19.8 Å². The van der Waals surface area contributed by atoms with E-state index in [1.54, 1.807) is 12.1 Å². The second-order valence-electron chi connectivity index (χ2n) is 6.61. The summed E-state index contributed by atoms with van der Waals surface area (Å²) in [5.74, 6) is -1.38. The van der Waals surface area contributed by atoms with Crippen LogP contribution in [0.25, 0.3) is 6.08 Å². The standard InChI is InChI=1S/C24H21ClN2O4S/c25-19-6-2-4-8-22(19)32-17-11-9-16(10-12-17)15-20(24(31)26-13-14-28)27-23(30)18-5-1-3-7-21(18)29/h1-12,15,28-29H,13-14H2,(H,26,31)(H,27,30). The highest BCUT2D eigenvalue weighted by Crippen LogP contribution is 2.33. The molecular formula is C24H21ClN2O4S. The minimum atomic E-state index is -0.626. The molecule has 2 amide bonds. The number of aliphatic hydroxyl groups excluding tert-OH is 1. The number of hydrogen-bond donors (Lipinski definition) is 4. The van der Waals surface area contributed by atoms with E-state index in [1.807, 2.05) is 48.5 Å². The van der Waals surface area contributed by atoms with Crippen LogP contribution in [0.2, 0.25) is 5.02 Å². The number of para-hydroxylation sites is 1. The third-order valence-corrected chi connectivity index (χ3v) is 5.82. The van der Waals surface area contributed by atoms with Gasteiger partial charge < -0.3 is 20.8 Å². The number of aliphatic hydroxyl groups is 1. The van der Waals surface area contributed by atoms with Crippen molar-refractivity contribution in [2.45, 2.75) is 9.79 Å². The molecule has 0 aliphatic carbocycles. The molecule has 0 atom stereocenters. The van der Waals surface area contributed by atoms with Crippen molar-refractivity contribution in [3.63, 3.8) is 0 Å². The molecule has 0 radical (unpaired) electrons. The van der Waals surface area contributed by atoms with Crippen molar-refractivity contribution in [1.29, 1.82) is 0 Å². The van der Waals surface area contributed by atoms with Crippen LogP contribution in [-0.2, 0) is 4.79 Å². The van der Waals surface area contributed by atoms with E-state index < -0.39 is 11.8 Å². The van der Waals surface area contributed by atoms with Crippen LogP contribution in [-0.4, -0.2) is 35.2 Å². The van der Waals surface area contributed by atoms with Gasteiger partial charge in [-0.3, -0.25) is 9.59 Å². The van der Waals surface area contributed by atoms with Crippen molar-refractivity contribution in [2.75, 3.05) is 13.2 Å². The number of carbonyl (C=O) groups is 2. The van der Waals surface area contributed by atoms with Crippen molar-refractivity contribution in [2.24, 2.45) is 0 Å². The zero-order chi connectivity index (χ0) is 22.9. The third kappa shape index (κ3) is 6.37. The number of aromatic hydroxyl groups is 1. The first-order chi connectivity index (χ1) is 15.5. The van der Waals surface area contributed by atoms with Crippen LogP contribution in [0.1, 0.15) is 15.9 Å². The van der Waals surface area contributed by atoms with E-state index in [0.29, 0.717) is 10.6 Å². The van der Waals surface area contributed by atoms with Crippen LogP contribution in [0.4, 0.5) is 0 Å². The molecule has 0 aromatic heterocycles. The summed E-state index contributed by atoms with van der Waals surface area (Å²) in [7, 11) is 0. The Morgan fingerprint density at radius 3 is 2.34 bits per heavy atom. The predicted molar refractivity (Wildman–Crippen MR) is 126 cm³/mol. The Hall–Kier alpha value is -3.26. The molecule has 0 aliphatic heterocycles. The van der Waals surface area contributed by atoms with E-state index in [2.05, 4.69) is 10.6 Å². The number of amides is 2. The first kappa shape index (κ1) is 23.4. The molecule has 164 valence electrons. The van der Waals surface area contributed by atoms with Gasteiger partial charge in [-0.1, -0.05) is 59.8 Å². The van der Waals surface area contributed by atoms with E-state index in [9.17, 15) is 14.7 Å². The molecular weight excluding hydrogens is 448 g/mol. The molecule has 0 fully saturated rings. The van der Waals surface area contributed by atoms with Crippen LogP contribution >= 0.6 is 23.4 Å². The van der Waals surface area contributed by atoms with Gasteiger partial charge in [0.25, 0.3) is 11.8 Å². The zero-order valence-corrected chi connectivity index (χ0v) is 18.5. The van der Waals surface area contributed by atoms with Gasteiger partial charge in [0, 0.05) is 16.3 Å². The SMILES string of the molecule is O=C(NCCO)C(=Cc1ccc(Sc2ccccc2Cl)cc1)NC(=O)c1ccccc1O. The zero-order valence-electron chi connectivity index (χ0n) is 16.9. The summed E-state index contributed by atoms with van der Waals surface area (Å²) in [6.45, 7) is -0.198. The third-order valence-electron chi connectivity index (χ3n) is 4.29. The second kappa shape index (κ2) is 11.4. The summed E-state index contributed by atoms with van der Waals surface area (Å²) in [5.41, 5.74) is 0.707. The maximum absolute atomic E-state index is 12.6. The van der Waals surface area contributed by atoms with Gasteiger partial charge in [0.1, 0.15) is 11.4 Å². The number of hydrogen-bond acceptors (Lipinski definition) is 5. The Balaban J connectivity index is 1.81. The first-order valence-electron chi connectivity index (χ1n) is 9.70. The quantitative estimate of drug-likeness (QED) is 0.373. The first-order valence-corrected chi connectivity index (χ1v) is 10.9. The average molecular weight is 469 g/mol. The Morgan fingerprint density at radius 1 is 0.969 bits per heavy atom.